The molecule has 0 unspecified atom stereocenters. The van der Waals surface area contributed by atoms with E-state index in [1.165, 1.54) is 0 Å². The topological polar surface area (TPSA) is 49.5 Å². The smallest absolute Gasteiger partial charge is 0.117 e. The average Bonchev–Trinajstić information content (AvgIpc) is 2.37. The number of nitrogens with two attached hydrogens (primary N) is 1. The molecule has 0 aliphatic heterocycles. The van der Waals surface area contributed by atoms with Crippen LogP contribution in [0.1, 0.15) is 5.56 Å². The summed E-state index contributed by atoms with van der Waals surface area (Å²) < 4.78 is 0.892. The Kier molecular flexibility index (Phi) is 4.07. The predicted octanol–water partition coefficient (Wildman–Crippen LogP) is 3.56. The normalized spacial score (nSPS) is 10.2. The second-order valence-corrected chi connectivity index (χ2v) is 5.40. The van der Waals surface area contributed by atoms with Crippen molar-refractivity contribution in [2.45, 2.75) is 0 Å². The minimum Gasteiger partial charge on any atom is -0.508 e. The molecule has 2 aromatic carbocycles. The Labute approximate surface area is 125 Å². The van der Waals surface area contributed by atoms with Crippen LogP contribution in [-0.2, 0) is 0 Å². The maximum Gasteiger partial charge on any atom is 0.117 e. The summed E-state index contributed by atoms with van der Waals surface area (Å²) >= 11 is 8.46. The Hall–Kier alpha value is -1.59. The fourth-order valence-electron chi connectivity index (χ4n) is 1.77. The number of halogens is 1. The summed E-state index contributed by atoms with van der Waals surface area (Å²) in [6, 6.07) is 12.8. The number of thiocarbonyl (C=S) groups is 1. The molecule has 0 heterocycles. The van der Waals surface area contributed by atoms with E-state index in [1.54, 1.807) is 18.2 Å². The highest BCUT2D eigenvalue weighted by atomic mass is 79.9. The van der Waals surface area contributed by atoms with Gasteiger partial charge in [0.25, 0.3) is 0 Å². The molecule has 0 aliphatic rings. The third-order valence-electron chi connectivity index (χ3n) is 2.81. The molecule has 0 radical (unpaired) electrons. The molecular formula is C14H13BrN2OS. The highest BCUT2D eigenvalue weighted by Gasteiger charge is 2.09. The first-order valence-corrected chi connectivity index (χ1v) is 6.81. The second kappa shape index (κ2) is 5.59. The van der Waals surface area contributed by atoms with Crippen LogP contribution in [0.4, 0.5) is 11.4 Å². The number of rotatable bonds is 3. The standard InChI is InChI=1S/C14H13BrN2OS/c1-17(10-3-2-4-11(18)8-10)13-6-5-9(14(16)19)7-12(13)15/h2-8,18H,1H3,(H2,16,19). The zero-order valence-electron chi connectivity index (χ0n) is 10.3. The van der Waals surface area contributed by atoms with E-state index in [-0.39, 0.29) is 5.75 Å². The Bertz CT molecular complexity index is 631. The molecule has 2 aromatic rings. The van der Waals surface area contributed by atoms with Gasteiger partial charge in [0.05, 0.1) is 5.69 Å². The van der Waals surface area contributed by atoms with Crippen LogP contribution < -0.4 is 10.6 Å². The fourth-order valence-corrected chi connectivity index (χ4v) is 2.54. The molecule has 0 saturated carbocycles. The van der Waals surface area contributed by atoms with Gasteiger partial charge < -0.3 is 15.7 Å². The first-order chi connectivity index (χ1) is 8.99. The summed E-state index contributed by atoms with van der Waals surface area (Å²) in [6.07, 6.45) is 0. The third kappa shape index (κ3) is 3.05. The van der Waals surface area contributed by atoms with Gasteiger partial charge in [0.15, 0.2) is 0 Å². The molecule has 2 rings (SSSR count). The Morgan fingerprint density at radius 3 is 2.58 bits per heavy atom. The number of phenolic OH excluding ortho intramolecular Hbond substituents is 1. The molecule has 0 fully saturated rings. The van der Waals surface area contributed by atoms with Crippen molar-refractivity contribution in [3.05, 3.63) is 52.5 Å². The number of hydrogen-bond acceptors (Lipinski definition) is 3. The van der Waals surface area contributed by atoms with Gasteiger partial charge >= 0.3 is 0 Å². The molecule has 0 aliphatic carbocycles. The summed E-state index contributed by atoms with van der Waals surface area (Å²) in [5.74, 6) is 0.236. The number of hydrogen-bond donors (Lipinski definition) is 2. The second-order valence-electron chi connectivity index (χ2n) is 4.11. The van der Waals surface area contributed by atoms with Crippen molar-refractivity contribution in [2.75, 3.05) is 11.9 Å². The molecule has 0 saturated heterocycles. The van der Waals surface area contributed by atoms with Crippen LogP contribution in [0.25, 0.3) is 0 Å². The van der Waals surface area contributed by atoms with Gasteiger partial charge in [-0.15, -0.1) is 0 Å². The first-order valence-electron chi connectivity index (χ1n) is 5.61. The van der Waals surface area contributed by atoms with E-state index in [4.69, 9.17) is 18.0 Å². The van der Waals surface area contributed by atoms with Gasteiger partial charge in [0.1, 0.15) is 10.7 Å². The zero-order chi connectivity index (χ0) is 14.0. The van der Waals surface area contributed by atoms with Gasteiger partial charge in [0.2, 0.25) is 0 Å². The quantitative estimate of drug-likeness (QED) is 0.841. The number of nitrogens with zero attached hydrogens (tertiary/aromatic N) is 1. The van der Waals surface area contributed by atoms with Crippen molar-refractivity contribution < 1.29 is 5.11 Å². The lowest BCUT2D eigenvalue weighted by atomic mass is 10.2. The van der Waals surface area contributed by atoms with Crippen molar-refractivity contribution in [3.63, 3.8) is 0 Å². The number of phenols is 1. The maximum absolute atomic E-state index is 9.52. The van der Waals surface area contributed by atoms with Gasteiger partial charge in [-0.25, -0.2) is 0 Å². The number of anilines is 2. The third-order valence-corrected chi connectivity index (χ3v) is 3.68. The SMILES string of the molecule is CN(c1cccc(O)c1)c1ccc(C(N)=S)cc1Br. The lowest BCUT2D eigenvalue weighted by Gasteiger charge is -2.21. The van der Waals surface area contributed by atoms with E-state index < -0.39 is 0 Å². The molecule has 0 aromatic heterocycles. The van der Waals surface area contributed by atoms with E-state index in [2.05, 4.69) is 15.9 Å². The monoisotopic (exact) mass is 336 g/mol. The summed E-state index contributed by atoms with van der Waals surface area (Å²) in [4.78, 5) is 2.33. The van der Waals surface area contributed by atoms with Crippen LogP contribution in [0.3, 0.4) is 0 Å². The molecule has 0 amide bonds. The minimum atomic E-state index is 0.236. The number of aromatic hydroxyl groups is 1. The Morgan fingerprint density at radius 2 is 2.00 bits per heavy atom. The molecule has 3 nitrogen and oxygen atoms in total. The van der Waals surface area contributed by atoms with E-state index in [9.17, 15) is 5.11 Å². The molecule has 0 spiro atoms. The van der Waals surface area contributed by atoms with Gasteiger partial charge in [-0.1, -0.05) is 18.3 Å². The van der Waals surface area contributed by atoms with Crippen LogP contribution in [0.5, 0.6) is 5.75 Å². The molecule has 0 atom stereocenters. The predicted molar refractivity (Wildman–Crippen MR) is 86.2 cm³/mol. The van der Waals surface area contributed by atoms with Gasteiger partial charge in [-0.3, -0.25) is 0 Å². The van der Waals surface area contributed by atoms with Crippen molar-refractivity contribution in [1.82, 2.24) is 0 Å². The van der Waals surface area contributed by atoms with Crippen LogP contribution in [-0.4, -0.2) is 17.1 Å². The highest BCUT2D eigenvalue weighted by Crippen LogP contribution is 2.32. The lowest BCUT2D eigenvalue weighted by Crippen LogP contribution is -2.12. The molecule has 3 N–H and O–H groups in total. The van der Waals surface area contributed by atoms with Crippen molar-refractivity contribution >= 4 is 44.5 Å². The van der Waals surface area contributed by atoms with Gasteiger partial charge in [-0.2, -0.15) is 0 Å². The fraction of sp³-hybridized carbons (Fsp3) is 0.0714. The zero-order valence-corrected chi connectivity index (χ0v) is 12.7. The largest absolute Gasteiger partial charge is 0.508 e. The summed E-state index contributed by atoms with van der Waals surface area (Å²) in [6.45, 7) is 0. The summed E-state index contributed by atoms with van der Waals surface area (Å²) in [5, 5.41) is 9.52. The van der Waals surface area contributed by atoms with Crippen LogP contribution in [0.2, 0.25) is 0 Å². The Morgan fingerprint density at radius 1 is 1.26 bits per heavy atom. The van der Waals surface area contributed by atoms with Crippen molar-refractivity contribution in [2.24, 2.45) is 5.73 Å². The molecule has 98 valence electrons. The van der Waals surface area contributed by atoms with Crippen molar-refractivity contribution in [1.29, 1.82) is 0 Å². The first kappa shape index (κ1) is 13.8. The average molecular weight is 337 g/mol. The number of benzene rings is 2. The maximum atomic E-state index is 9.52. The van der Waals surface area contributed by atoms with Gasteiger partial charge in [-0.05, 0) is 46.3 Å². The molecule has 19 heavy (non-hydrogen) atoms. The minimum absolute atomic E-state index is 0.236. The van der Waals surface area contributed by atoms with E-state index in [0.717, 1.165) is 21.4 Å². The van der Waals surface area contributed by atoms with E-state index >= 15 is 0 Å². The van der Waals surface area contributed by atoms with E-state index in [1.807, 2.05) is 36.2 Å². The lowest BCUT2D eigenvalue weighted by molar-refractivity contribution is 0.475. The van der Waals surface area contributed by atoms with E-state index in [0.29, 0.717) is 4.99 Å². The molecule has 5 heteroatoms. The Balaban J connectivity index is 2.39. The van der Waals surface area contributed by atoms with Gasteiger partial charge in [0, 0.05) is 28.8 Å². The summed E-state index contributed by atoms with van der Waals surface area (Å²) in [5.41, 5.74) is 8.27. The van der Waals surface area contributed by atoms with Crippen molar-refractivity contribution in [3.8, 4) is 5.75 Å². The highest BCUT2D eigenvalue weighted by molar-refractivity contribution is 9.10. The molecular weight excluding hydrogens is 324 g/mol. The molecule has 0 bridgehead atoms. The summed E-state index contributed by atoms with van der Waals surface area (Å²) in [7, 11) is 1.93. The van der Waals surface area contributed by atoms with Crippen LogP contribution in [0, 0.1) is 0 Å². The van der Waals surface area contributed by atoms with Crippen LogP contribution >= 0.6 is 28.1 Å². The van der Waals surface area contributed by atoms with Crippen LogP contribution in [0.15, 0.2) is 46.9 Å².